The van der Waals surface area contributed by atoms with Crippen LogP contribution >= 0.6 is 11.3 Å². The highest BCUT2D eigenvalue weighted by Gasteiger charge is 2.34. The van der Waals surface area contributed by atoms with Crippen molar-refractivity contribution in [1.82, 2.24) is 4.98 Å². The van der Waals surface area contributed by atoms with Gasteiger partial charge in [0.25, 0.3) is 5.91 Å². The number of benzene rings is 2. The summed E-state index contributed by atoms with van der Waals surface area (Å²) in [6.45, 7) is -0.195. The molecule has 2 aromatic carbocycles. The SMILES string of the molecule is NC(=O)COc1cccc(NC(=O)C2CCCCC2c2nc3ccccc3s2)c1. The number of nitrogens with one attached hydrogen (secondary N) is 1. The van der Waals surface area contributed by atoms with Gasteiger partial charge in [0.05, 0.1) is 15.2 Å². The Hall–Kier alpha value is -2.93. The molecule has 2 amide bonds. The van der Waals surface area contributed by atoms with Crippen LogP contribution in [0.3, 0.4) is 0 Å². The predicted molar refractivity (Wildman–Crippen MR) is 114 cm³/mol. The summed E-state index contributed by atoms with van der Waals surface area (Å²) >= 11 is 1.69. The van der Waals surface area contributed by atoms with Gasteiger partial charge in [-0.2, -0.15) is 0 Å². The molecule has 1 aliphatic carbocycles. The van der Waals surface area contributed by atoms with Gasteiger partial charge in [-0.25, -0.2) is 4.98 Å². The number of carbonyl (C=O) groups excluding carboxylic acids is 2. The molecule has 1 fully saturated rings. The number of rotatable bonds is 6. The van der Waals surface area contributed by atoms with E-state index < -0.39 is 5.91 Å². The van der Waals surface area contributed by atoms with Crippen molar-refractivity contribution in [1.29, 1.82) is 0 Å². The lowest BCUT2D eigenvalue weighted by Gasteiger charge is -2.29. The van der Waals surface area contributed by atoms with Crippen LogP contribution < -0.4 is 15.8 Å². The zero-order chi connectivity index (χ0) is 20.2. The van der Waals surface area contributed by atoms with Crippen molar-refractivity contribution in [2.24, 2.45) is 11.7 Å². The monoisotopic (exact) mass is 409 g/mol. The summed E-state index contributed by atoms with van der Waals surface area (Å²) in [5, 5.41) is 4.06. The van der Waals surface area contributed by atoms with Crippen molar-refractivity contribution < 1.29 is 14.3 Å². The number of fused-ring (bicyclic) bond motifs is 1. The van der Waals surface area contributed by atoms with Crippen molar-refractivity contribution in [3.63, 3.8) is 0 Å². The maximum absolute atomic E-state index is 13.1. The van der Waals surface area contributed by atoms with E-state index >= 15 is 0 Å². The number of carbonyl (C=O) groups is 2. The Labute approximate surface area is 173 Å². The molecule has 0 aliphatic heterocycles. The molecule has 2 unspecified atom stereocenters. The molecule has 3 N–H and O–H groups in total. The largest absolute Gasteiger partial charge is 0.484 e. The Morgan fingerprint density at radius 1 is 1.14 bits per heavy atom. The van der Waals surface area contributed by atoms with E-state index in [-0.39, 0.29) is 24.3 Å². The number of hydrogen-bond acceptors (Lipinski definition) is 5. The molecule has 0 spiro atoms. The molecule has 1 heterocycles. The summed E-state index contributed by atoms with van der Waals surface area (Å²) in [6.07, 6.45) is 3.98. The van der Waals surface area contributed by atoms with E-state index in [0.29, 0.717) is 11.4 Å². The lowest BCUT2D eigenvalue weighted by molar-refractivity contribution is -0.121. The number of amides is 2. The van der Waals surface area contributed by atoms with Gasteiger partial charge >= 0.3 is 0 Å². The summed E-state index contributed by atoms with van der Waals surface area (Å²) in [5.41, 5.74) is 6.76. The number of ether oxygens (including phenoxy) is 1. The van der Waals surface area contributed by atoms with Gasteiger partial charge in [0.1, 0.15) is 5.75 Å². The highest BCUT2D eigenvalue weighted by molar-refractivity contribution is 7.18. The molecule has 3 aromatic rings. The minimum absolute atomic E-state index is 0.000933. The second-order valence-corrected chi connectivity index (χ2v) is 8.35. The normalized spacial score (nSPS) is 19.0. The van der Waals surface area contributed by atoms with Crippen molar-refractivity contribution in [2.75, 3.05) is 11.9 Å². The fourth-order valence-corrected chi connectivity index (χ4v) is 5.01. The molecule has 0 saturated heterocycles. The third-order valence-electron chi connectivity index (χ3n) is 5.21. The van der Waals surface area contributed by atoms with Gasteiger partial charge in [-0.05, 0) is 37.1 Å². The summed E-state index contributed by atoms with van der Waals surface area (Å²) < 4.78 is 6.48. The van der Waals surface area contributed by atoms with Crippen LogP contribution in [0.5, 0.6) is 5.75 Å². The maximum Gasteiger partial charge on any atom is 0.255 e. The summed E-state index contributed by atoms with van der Waals surface area (Å²) in [5.74, 6) is -0.0238. The Bertz CT molecular complexity index is 1000. The van der Waals surface area contributed by atoms with E-state index in [2.05, 4.69) is 11.4 Å². The van der Waals surface area contributed by atoms with Crippen LogP contribution in [0, 0.1) is 5.92 Å². The lowest BCUT2D eigenvalue weighted by atomic mass is 9.79. The molecule has 6 nitrogen and oxygen atoms in total. The summed E-state index contributed by atoms with van der Waals surface area (Å²) in [6, 6.07) is 15.1. The van der Waals surface area contributed by atoms with Crippen LogP contribution in [0.1, 0.15) is 36.6 Å². The van der Waals surface area contributed by atoms with E-state index in [9.17, 15) is 9.59 Å². The number of hydrogen-bond donors (Lipinski definition) is 2. The molecular formula is C22H23N3O3S. The minimum atomic E-state index is -0.541. The van der Waals surface area contributed by atoms with Crippen molar-refractivity contribution in [3.05, 3.63) is 53.5 Å². The standard InChI is InChI=1S/C22H23N3O3S/c23-20(26)13-28-15-7-5-6-14(12-15)24-21(27)16-8-1-2-9-17(16)22-25-18-10-3-4-11-19(18)29-22/h3-7,10-12,16-17H,1-2,8-9,13H2,(H2,23,26)(H,24,27). The van der Waals surface area contributed by atoms with Crippen LogP contribution in [0.15, 0.2) is 48.5 Å². The third-order valence-corrected chi connectivity index (χ3v) is 6.38. The van der Waals surface area contributed by atoms with Crippen molar-refractivity contribution >= 4 is 39.1 Å². The van der Waals surface area contributed by atoms with Crippen LogP contribution in [-0.2, 0) is 9.59 Å². The Kier molecular flexibility index (Phi) is 5.76. The van der Waals surface area contributed by atoms with E-state index in [4.69, 9.17) is 15.5 Å². The Balaban J connectivity index is 1.50. The number of para-hydroxylation sites is 1. The number of anilines is 1. The molecule has 1 aromatic heterocycles. The second-order valence-electron chi connectivity index (χ2n) is 7.29. The van der Waals surface area contributed by atoms with Crippen LogP contribution in [0.2, 0.25) is 0 Å². The fourth-order valence-electron chi connectivity index (χ4n) is 3.84. The number of aromatic nitrogens is 1. The number of primary amides is 1. The van der Waals surface area contributed by atoms with Gasteiger partial charge in [-0.3, -0.25) is 9.59 Å². The molecule has 29 heavy (non-hydrogen) atoms. The van der Waals surface area contributed by atoms with Crippen LogP contribution in [-0.4, -0.2) is 23.4 Å². The van der Waals surface area contributed by atoms with Gasteiger partial charge < -0.3 is 15.8 Å². The topological polar surface area (TPSA) is 94.3 Å². The zero-order valence-electron chi connectivity index (χ0n) is 16.0. The molecule has 7 heteroatoms. The highest BCUT2D eigenvalue weighted by atomic mass is 32.1. The highest BCUT2D eigenvalue weighted by Crippen LogP contribution is 2.41. The molecule has 4 rings (SSSR count). The van der Waals surface area contributed by atoms with Crippen LogP contribution in [0.4, 0.5) is 5.69 Å². The van der Waals surface area contributed by atoms with E-state index in [0.717, 1.165) is 40.9 Å². The van der Waals surface area contributed by atoms with E-state index in [1.807, 2.05) is 24.3 Å². The summed E-state index contributed by atoms with van der Waals surface area (Å²) in [7, 11) is 0. The van der Waals surface area contributed by atoms with Gasteiger partial charge in [0.2, 0.25) is 5.91 Å². The average molecular weight is 410 g/mol. The smallest absolute Gasteiger partial charge is 0.255 e. The van der Waals surface area contributed by atoms with E-state index in [1.165, 1.54) is 0 Å². The Morgan fingerprint density at radius 3 is 2.79 bits per heavy atom. The van der Waals surface area contributed by atoms with E-state index in [1.54, 1.807) is 29.5 Å². The van der Waals surface area contributed by atoms with Gasteiger partial charge in [0, 0.05) is 23.6 Å². The molecule has 1 saturated carbocycles. The summed E-state index contributed by atoms with van der Waals surface area (Å²) in [4.78, 5) is 28.8. The molecule has 150 valence electrons. The average Bonchev–Trinajstić information content (AvgIpc) is 3.17. The first-order valence-corrected chi connectivity index (χ1v) is 10.6. The maximum atomic E-state index is 13.1. The zero-order valence-corrected chi connectivity index (χ0v) is 16.8. The first-order chi connectivity index (χ1) is 14.1. The first-order valence-electron chi connectivity index (χ1n) is 9.77. The Morgan fingerprint density at radius 2 is 1.97 bits per heavy atom. The number of nitrogens with zero attached hydrogens (tertiary/aromatic N) is 1. The molecule has 2 atom stereocenters. The van der Waals surface area contributed by atoms with Crippen LogP contribution in [0.25, 0.3) is 10.2 Å². The van der Waals surface area contributed by atoms with Crippen molar-refractivity contribution in [2.45, 2.75) is 31.6 Å². The molecule has 0 radical (unpaired) electrons. The molecule has 1 aliphatic rings. The number of thiazole rings is 1. The van der Waals surface area contributed by atoms with Gasteiger partial charge in [-0.1, -0.05) is 31.0 Å². The third kappa shape index (κ3) is 4.56. The fraction of sp³-hybridized carbons (Fsp3) is 0.318. The molecular weight excluding hydrogens is 386 g/mol. The lowest BCUT2D eigenvalue weighted by Crippen LogP contribution is -2.30. The quantitative estimate of drug-likeness (QED) is 0.642. The van der Waals surface area contributed by atoms with Gasteiger partial charge in [0.15, 0.2) is 6.61 Å². The van der Waals surface area contributed by atoms with Crippen molar-refractivity contribution in [3.8, 4) is 5.75 Å². The van der Waals surface area contributed by atoms with Gasteiger partial charge in [-0.15, -0.1) is 11.3 Å². The number of nitrogens with two attached hydrogens (primary N) is 1. The second kappa shape index (κ2) is 8.61. The predicted octanol–water partition coefficient (Wildman–Crippen LogP) is 4.07. The molecule has 0 bridgehead atoms. The first kappa shape index (κ1) is 19.4. The minimum Gasteiger partial charge on any atom is -0.484 e.